The van der Waals surface area contributed by atoms with Crippen molar-refractivity contribution in [2.45, 2.75) is 13.3 Å². The number of hydrogen-bond acceptors (Lipinski definition) is 5. The zero-order valence-corrected chi connectivity index (χ0v) is 10.8. The van der Waals surface area contributed by atoms with Gasteiger partial charge in [-0.3, -0.25) is 25.3 Å². The van der Waals surface area contributed by atoms with Gasteiger partial charge < -0.3 is 5.11 Å². The molecule has 0 unspecified atom stereocenters. The zero-order chi connectivity index (χ0) is 14.1. The Morgan fingerprint density at radius 1 is 1.42 bits per heavy atom. The monoisotopic (exact) mass is 266 g/mol. The first-order valence-electron chi connectivity index (χ1n) is 6.02. The molecule has 1 rings (SSSR count). The predicted octanol–water partition coefficient (Wildman–Crippen LogP) is 0.321. The lowest BCUT2D eigenvalue weighted by atomic mass is 10.3. The Morgan fingerprint density at radius 2 is 2.21 bits per heavy atom. The second-order valence-corrected chi connectivity index (χ2v) is 3.90. The Balaban J connectivity index is 2.30. The van der Waals surface area contributed by atoms with E-state index >= 15 is 0 Å². The highest BCUT2D eigenvalue weighted by Gasteiger charge is 2.10. The number of amides is 1. The van der Waals surface area contributed by atoms with Crippen LogP contribution in [0.25, 0.3) is 0 Å². The Morgan fingerprint density at radius 3 is 2.79 bits per heavy atom. The number of carboxylic acid groups (broad SMARTS) is 1. The maximum atomic E-state index is 11.6. The maximum absolute atomic E-state index is 11.6. The molecule has 0 saturated carbocycles. The number of carbonyl (C=O) groups is 2. The third-order valence-electron chi connectivity index (χ3n) is 2.45. The number of rotatable bonds is 8. The SMILES string of the molecule is CCN(CCC(=O)O)CC(=O)NNc1ccccn1. The van der Waals surface area contributed by atoms with Crippen molar-refractivity contribution in [2.24, 2.45) is 0 Å². The number of nitrogens with one attached hydrogen (secondary N) is 2. The minimum Gasteiger partial charge on any atom is -0.481 e. The molecule has 7 nitrogen and oxygen atoms in total. The number of aromatic nitrogens is 1. The zero-order valence-electron chi connectivity index (χ0n) is 10.8. The molecule has 1 heterocycles. The van der Waals surface area contributed by atoms with Crippen LogP contribution in [-0.4, -0.2) is 46.5 Å². The van der Waals surface area contributed by atoms with Gasteiger partial charge in [-0.25, -0.2) is 4.98 Å². The van der Waals surface area contributed by atoms with Gasteiger partial charge >= 0.3 is 5.97 Å². The third-order valence-corrected chi connectivity index (χ3v) is 2.45. The molecule has 3 N–H and O–H groups in total. The molecule has 0 fully saturated rings. The van der Waals surface area contributed by atoms with Crippen LogP contribution in [-0.2, 0) is 9.59 Å². The van der Waals surface area contributed by atoms with Gasteiger partial charge in [-0.15, -0.1) is 0 Å². The van der Waals surface area contributed by atoms with Gasteiger partial charge in [0.1, 0.15) is 5.82 Å². The van der Waals surface area contributed by atoms with E-state index in [0.29, 0.717) is 18.9 Å². The van der Waals surface area contributed by atoms with Gasteiger partial charge in [-0.1, -0.05) is 13.0 Å². The van der Waals surface area contributed by atoms with Crippen LogP contribution in [0.1, 0.15) is 13.3 Å². The molecule has 0 aliphatic heterocycles. The highest BCUT2D eigenvalue weighted by Crippen LogP contribution is 1.97. The lowest BCUT2D eigenvalue weighted by Crippen LogP contribution is -2.40. The molecular weight excluding hydrogens is 248 g/mol. The van der Waals surface area contributed by atoms with E-state index in [0.717, 1.165) is 0 Å². The second-order valence-electron chi connectivity index (χ2n) is 3.90. The van der Waals surface area contributed by atoms with Crippen molar-refractivity contribution >= 4 is 17.7 Å². The number of carboxylic acids is 1. The van der Waals surface area contributed by atoms with Gasteiger partial charge in [0.15, 0.2) is 0 Å². The van der Waals surface area contributed by atoms with Crippen LogP contribution in [0.15, 0.2) is 24.4 Å². The van der Waals surface area contributed by atoms with Gasteiger partial charge in [0, 0.05) is 12.7 Å². The molecule has 0 bridgehead atoms. The molecule has 0 aromatic carbocycles. The third kappa shape index (κ3) is 6.37. The molecule has 1 aromatic rings. The van der Waals surface area contributed by atoms with Crippen LogP contribution in [0.4, 0.5) is 5.82 Å². The Kier molecular flexibility index (Phi) is 6.31. The predicted molar refractivity (Wildman–Crippen MR) is 70.4 cm³/mol. The number of hydrazine groups is 1. The summed E-state index contributed by atoms with van der Waals surface area (Å²) in [4.78, 5) is 27.9. The first-order valence-corrected chi connectivity index (χ1v) is 6.02. The first kappa shape index (κ1) is 14.9. The summed E-state index contributed by atoms with van der Waals surface area (Å²) in [6.45, 7) is 2.98. The Labute approximate surface area is 111 Å². The van der Waals surface area contributed by atoms with E-state index in [4.69, 9.17) is 5.11 Å². The number of nitrogens with zero attached hydrogens (tertiary/aromatic N) is 2. The normalized spacial score (nSPS) is 10.2. The summed E-state index contributed by atoms with van der Waals surface area (Å²) in [5.41, 5.74) is 5.20. The van der Waals surface area contributed by atoms with Crippen molar-refractivity contribution in [2.75, 3.05) is 25.1 Å². The smallest absolute Gasteiger partial charge is 0.304 e. The molecule has 104 valence electrons. The number of pyridine rings is 1. The average Bonchev–Trinajstić information content (AvgIpc) is 2.42. The summed E-state index contributed by atoms with van der Waals surface area (Å²) in [5, 5.41) is 8.60. The Hall–Kier alpha value is -2.15. The second kappa shape index (κ2) is 8.04. The lowest BCUT2D eigenvalue weighted by Gasteiger charge is -2.18. The van der Waals surface area contributed by atoms with E-state index in [1.54, 1.807) is 29.3 Å². The molecule has 19 heavy (non-hydrogen) atoms. The maximum Gasteiger partial charge on any atom is 0.304 e. The Bertz CT molecular complexity index is 411. The number of aliphatic carboxylic acids is 1. The molecule has 0 spiro atoms. The quantitative estimate of drug-likeness (QED) is 0.587. The molecule has 7 heteroatoms. The number of anilines is 1. The van der Waals surface area contributed by atoms with E-state index in [1.165, 1.54) is 0 Å². The van der Waals surface area contributed by atoms with Crippen LogP contribution in [0, 0.1) is 0 Å². The van der Waals surface area contributed by atoms with E-state index in [9.17, 15) is 9.59 Å². The van der Waals surface area contributed by atoms with Crippen LogP contribution in [0.5, 0.6) is 0 Å². The summed E-state index contributed by atoms with van der Waals surface area (Å²) < 4.78 is 0. The van der Waals surface area contributed by atoms with Crippen molar-refractivity contribution < 1.29 is 14.7 Å². The summed E-state index contributed by atoms with van der Waals surface area (Å²) in [5.74, 6) is -0.562. The highest BCUT2D eigenvalue weighted by molar-refractivity contribution is 5.79. The van der Waals surface area contributed by atoms with Crippen molar-refractivity contribution in [1.82, 2.24) is 15.3 Å². The van der Waals surface area contributed by atoms with Crippen molar-refractivity contribution in [1.29, 1.82) is 0 Å². The molecule has 1 aromatic heterocycles. The number of carbonyl (C=O) groups excluding carboxylic acids is 1. The number of likely N-dealkylation sites (N-methyl/N-ethyl adjacent to an activating group) is 1. The van der Waals surface area contributed by atoms with Gasteiger partial charge in [-0.2, -0.15) is 0 Å². The van der Waals surface area contributed by atoms with Crippen molar-refractivity contribution in [3.8, 4) is 0 Å². The standard InChI is InChI=1S/C12H18N4O3/c1-2-16(8-6-12(18)19)9-11(17)15-14-10-5-3-4-7-13-10/h3-5,7H,2,6,8-9H2,1H3,(H,13,14)(H,15,17)(H,18,19). The van der Waals surface area contributed by atoms with Gasteiger partial charge in [0.2, 0.25) is 0 Å². The van der Waals surface area contributed by atoms with Crippen LogP contribution < -0.4 is 10.9 Å². The highest BCUT2D eigenvalue weighted by atomic mass is 16.4. The van der Waals surface area contributed by atoms with E-state index < -0.39 is 5.97 Å². The largest absolute Gasteiger partial charge is 0.481 e. The minimum atomic E-state index is -0.870. The van der Waals surface area contributed by atoms with Crippen LogP contribution in [0.2, 0.25) is 0 Å². The fourth-order valence-electron chi connectivity index (χ4n) is 1.42. The topological polar surface area (TPSA) is 94.6 Å². The molecule has 0 saturated heterocycles. The van der Waals surface area contributed by atoms with E-state index in [2.05, 4.69) is 15.8 Å². The molecule has 0 radical (unpaired) electrons. The summed E-state index contributed by atoms with van der Waals surface area (Å²) in [7, 11) is 0. The van der Waals surface area contributed by atoms with Crippen LogP contribution in [0.3, 0.4) is 0 Å². The van der Waals surface area contributed by atoms with Gasteiger partial charge in [0.05, 0.1) is 13.0 Å². The summed E-state index contributed by atoms with van der Waals surface area (Å²) in [6, 6.07) is 5.30. The lowest BCUT2D eigenvalue weighted by molar-refractivity contribution is -0.137. The van der Waals surface area contributed by atoms with E-state index in [-0.39, 0.29) is 18.9 Å². The molecule has 0 aliphatic carbocycles. The summed E-state index contributed by atoms with van der Waals surface area (Å²) in [6.07, 6.45) is 1.63. The van der Waals surface area contributed by atoms with Gasteiger partial charge in [0.25, 0.3) is 5.91 Å². The van der Waals surface area contributed by atoms with Crippen molar-refractivity contribution in [3.63, 3.8) is 0 Å². The van der Waals surface area contributed by atoms with Crippen molar-refractivity contribution in [3.05, 3.63) is 24.4 Å². The minimum absolute atomic E-state index is 0.0226. The molecular formula is C12H18N4O3. The summed E-state index contributed by atoms with van der Waals surface area (Å²) >= 11 is 0. The fourth-order valence-corrected chi connectivity index (χ4v) is 1.42. The van der Waals surface area contributed by atoms with E-state index in [1.807, 2.05) is 6.92 Å². The first-order chi connectivity index (χ1) is 9.11. The molecule has 0 aliphatic rings. The average molecular weight is 266 g/mol. The number of hydrogen-bond donors (Lipinski definition) is 3. The van der Waals surface area contributed by atoms with Crippen LogP contribution >= 0.6 is 0 Å². The van der Waals surface area contributed by atoms with Gasteiger partial charge in [-0.05, 0) is 18.7 Å². The molecule has 1 amide bonds. The molecule has 0 atom stereocenters. The fraction of sp³-hybridized carbons (Fsp3) is 0.417.